The van der Waals surface area contributed by atoms with Gasteiger partial charge in [-0.1, -0.05) is 37.3 Å². The van der Waals surface area contributed by atoms with Gasteiger partial charge in [0.15, 0.2) is 0 Å². The van der Waals surface area contributed by atoms with Crippen LogP contribution in [-0.4, -0.2) is 35.5 Å². The van der Waals surface area contributed by atoms with E-state index in [0.29, 0.717) is 27.4 Å². The van der Waals surface area contributed by atoms with Crippen LogP contribution >= 0.6 is 22.9 Å². The minimum atomic E-state index is -0.484. The molecule has 2 atom stereocenters. The molecule has 6 rings (SSSR count). The summed E-state index contributed by atoms with van der Waals surface area (Å²) in [6.07, 6.45) is 10.2. The Labute approximate surface area is 215 Å². The van der Waals surface area contributed by atoms with Gasteiger partial charge in [-0.05, 0) is 62.6 Å². The minimum Gasteiger partial charge on any atom is -0.480 e. The number of amides is 2. The van der Waals surface area contributed by atoms with Gasteiger partial charge in [0.1, 0.15) is 6.04 Å². The average molecular weight is 517 g/mol. The van der Waals surface area contributed by atoms with Crippen LogP contribution in [0.15, 0.2) is 24.4 Å². The summed E-state index contributed by atoms with van der Waals surface area (Å²) in [5.41, 5.74) is 0.696. The average Bonchev–Trinajstić information content (AvgIpc) is 3.47. The normalized spacial score (nSPS) is 24.6. The number of nitrogens with zero attached hydrogens (tertiary/aromatic N) is 1. The number of halogens is 1. The van der Waals surface area contributed by atoms with Crippen LogP contribution < -0.4 is 20.7 Å². The minimum absolute atomic E-state index is 0.00779. The molecule has 0 aromatic carbocycles. The molecule has 3 N–H and O–H groups in total. The molecule has 4 aliphatic carbocycles. The maximum absolute atomic E-state index is 13.2. The Hall–Kier alpha value is -2.32. The lowest BCUT2D eigenvalue weighted by atomic mass is 9.50. The zero-order valence-corrected chi connectivity index (χ0v) is 21.8. The largest absolute Gasteiger partial charge is 0.480 e. The molecule has 0 radical (unpaired) electrons. The first kappa shape index (κ1) is 24.4. The van der Waals surface area contributed by atoms with Gasteiger partial charge in [0.05, 0.1) is 28.7 Å². The summed E-state index contributed by atoms with van der Waals surface area (Å²) in [5.74, 6) is 1.55. The number of nitrogens with one attached hydrogen (secondary N) is 3. The molecule has 0 spiro atoms. The summed E-state index contributed by atoms with van der Waals surface area (Å²) in [7, 11) is 1.56. The summed E-state index contributed by atoms with van der Waals surface area (Å²) in [4.78, 5) is 32.1. The Bertz CT molecular complexity index is 1080. The van der Waals surface area contributed by atoms with Gasteiger partial charge in [-0.25, -0.2) is 4.98 Å². The molecule has 0 aliphatic heterocycles. The van der Waals surface area contributed by atoms with Crippen LogP contribution in [0.4, 0.5) is 5.69 Å². The number of carbonyl (C=O) groups excluding carboxylic acids is 2. The van der Waals surface area contributed by atoms with Crippen LogP contribution in [0.1, 0.15) is 78.9 Å². The number of ether oxygens (including phenoxy) is 1. The van der Waals surface area contributed by atoms with Crippen molar-refractivity contribution >= 4 is 40.4 Å². The Morgan fingerprint density at radius 2 is 2.00 bits per heavy atom. The first-order valence-electron chi connectivity index (χ1n) is 12.5. The lowest BCUT2D eigenvalue weighted by Crippen LogP contribution is -2.70. The van der Waals surface area contributed by atoms with Crippen LogP contribution in [0.2, 0.25) is 5.02 Å². The molecule has 4 fully saturated rings. The van der Waals surface area contributed by atoms with Crippen molar-refractivity contribution in [1.29, 1.82) is 0 Å². The van der Waals surface area contributed by atoms with E-state index < -0.39 is 6.04 Å². The van der Waals surface area contributed by atoms with Crippen LogP contribution in [0.25, 0.3) is 0 Å². The Balaban J connectivity index is 1.24. The van der Waals surface area contributed by atoms with Gasteiger partial charge in [0, 0.05) is 16.6 Å². The van der Waals surface area contributed by atoms with Crippen molar-refractivity contribution in [3.63, 3.8) is 0 Å². The van der Waals surface area contributed by atoms with Crippen LogP contribution in [0, 0.1) is 11.8 Å². The van der Waals surface area contributed by atoms with Crippen LogP contribution in [0.3, 0.4) is 0 Å². The van der Waals surface area contributed by atoms with Gasteiger partial charge in [-0.3, -0.25) is 9.59 Å². The van der Waals surface area contributed by atoms with E-state index in [-0.39, 0.29) is 23.4 Å². The maximum atomic E-state index is 13.2. The SMILES string of the molecule is COc1ncc(Cl)cc1N[C@H](C)c1ccc(C(=O)N[C@@H](CC2CCCC2)C(=O)NC23CC(C2)C3)s1. The fraction of sp³-hybridized carbons (Fsp3) is 0.577. The predicted octanol–water partition coefficient (Wildman–Crippen LogP) is 5.33. The van der Waals surface area contributed by atoms with Gasteiger partial charge in [0.2, 0.25) is 11.8 Å². The van der Waals surface area contributed by atoms with Crippen molar-refractivity contribution in [2.45, 2.75) is 75.9 Å². The maximum Gasteiger partial charge on any atom is 0.262 e. The highest BCUT2D eigenvalue weighted by molar-refractivity contribution is 7.14. The second kappa shape index (κ2) is 9.97. The first-order valence-corrected chi connectivity index (χ1v) is 13.7. The number of pyridine rings is 1. The van der Waals surface area contributed by atoms with Crippen LogP contribution in [-0.2, 0) is 4.79 Å². The van der Waals surface area contributed by atoms with E-state index in [4.69, 9.17) is 16.3 Å². The summed E-state index contributed by atoms with van der Waals surface area (Å²) < 4.78 is 5.32. The third kappa shape index (κ3) is 5.28. The summed E-state index contributed by atoms with van der Waals surface area (Å²) in [5, 5.41) is 10.2. The monoisotopic (exact) mass is 516 g/mol. The number of carbonyl (C=O) groups is 2. The van der Waals surface area contributed by atoms with Crippen molar-refractivity contribution < 1.29 is 14.3 Å². The molecule has 0 saturated heterocycles. The van der Waals surface area contributed by atoms with Crippen molar-refractivity contribution in [3.8, 4) is 5.88 Å². The fourth-order valence-electron chi connectivity index (χ4n) is 5.73. The fourth-order valence-corrected chi connectivity index (χ4v) is 6.80. The van der Waals surface area contributed by atoms with Crippen molar-refractivity contribution in [3.05, 3.63) is 39.2 Å². The highest BCUT2D eigenvalue weighted by Crippen LogP contribution is 2.57. The zero-order chi connectivity index (χ0) is 24.6. The number of hydrogen-bond donors (Lipinski definition) is 3. The summed E-state index contributed by atoms with van der Waals surface area (Å²) in [6.45, 7) is 2.01. The van der Waals surface area contributed by atoms with E-state index in [9.17, 15) is 9.59 Å². The van der Waals surface area contributed by atoms with Crippen molar-refractivity contribution in [2.24, 2.45) is 11.8 Å². The molecule has 188 valence electrons. The molecule has 4 saturated carbocycles. The van der Waals surface area contributed by atoms with E-state index in [2.05, 4.69) is 20.9 Å². The lowest BCUT2D eigenvalue weighted by Gasteiger charge is -2.62. The predicted molar refractivity (Wildman–Crippen MR) is 138 cm³/mol. The second-order valence-corrected chi connectivity index (χ2v) is 12.0. The first-order chi connectivity index (χ1) is 16.8. The third-order valence-corrected chi connectivity index (χ3v) is 9.23. The Morgan fingerprint density at radius 3 is 2.66 bits per heavy atom. The van der Waals surface area contributed by atoms with Gasteiger partial charge >= 0.3 is 0 Å². The van der Waals surface area contributed by atoms with Gasteiger partial charge in [0.25, 0.3) is 5.91 Å². The molecule has 2 aromatic heterocycles. The van der Waals surface area contributed by atoms with Gasteiger partial charge in [-0.2, -0.15) is 0 Å². The summed E-state index contributed by atoms with van der Waals surface area (Å²) >= 11 is 7.52. The molecule has 2 bridgehead atoms. The summed E-state index contributed by atoms with van der Waals surface area (Å²) in [6, 6.07) is 4.96. The Kier molecular flexibility index (Phi) is 6.95. The molecule has 0 unspecified atom stereocenters. The molecule has 2 heterocycles. The lowest BCUT2D eigenvalue weighted by molar-refractivity contribution is -0.135. The quantitative estimate of drug-likeness (QED) is 0.397. The number of rotatable bonds is 10. The third-order valence-electron chi connectivity index (χ3n) is 7.75. The zero-order valence-electron chi connectivity index (χ0n) is 20.2. The van der Waals surface area contributed by atoms with Crippen molar-refractivity contribution in [2.75, 3.05) is 12.4 Å². The molecule has 4 aliphatic rings. The van der Waals surface area contributed by atoms with Gasteiger partial charge in [-0.15, -0.1) is 11.3 Å². The van der Waals surface area contributed by atoms with E-state index in [1.165, 1.54) is 30.4 Å². The molecule has 2 aromatic rings. The number of methoxy groups -OCH3 is 1. The number of anilines is 1. The number of thiophene rings is 1. The smallest absolute Gasteiger partial charge is 0.262 e. The van der Waals surface area contributed by atoms with Gasteiger partial charge < -0.3 is 20.7 Å². The highest BCUT2D eigenvalue weighted by atomic mass is 35.5. The van der Waals surface area contributed by atoms with Crippen LogP contribution in [0.5, 0.6) is 5.88 Å². The second-order valence-electron chi connectivity index (χ2n) is 10.4. The van der Waals surface area contributed by atoms with Crippen molar-refractivity contribution in [1.82, 2.24) is 15.6 Å². The van der Waals surface area contributed by atoms with E-state index >= 15 is 0 Å². The standard InChI is InChI=1S/C26H33ClN4O3S/c1-15(29-20-10-18(27)14-28-25(20)34-2)21-7-8-22(35-21)24(33)30-19(9-16-5-3-4-6-16)23(32)31-26-11-17(12-26)13-26/h7-8,10,14-17,19,29H,3-6,9,11-13H2,1-2H3,(H,30,33)(H,31,32)/t15-,17?,19+,26?/m1/s1. The highest BCUT2D eigenvalue weighted by Gasteiger charge is 2.57. The number of aromatic nitrogens is 1. The molecule has 7 nitrogen and oxygen atoms in total. The Morgan fingerprint density at radius 1 is 1.26 bits per heavy atom. The molecular formula is C26H33ClN4O3S. The topological polar surface area (TPSA) is 92.3 Å². The molecule has 9 heteroatoms. The van der Waals surface area contributed by atoms with E-state index in [1.54, 1.807) is 13.2 Å². The molecule has 35 heavy (non-hydrogen) atoms. The van der Waals surface area contributed by atoms with E-state index in [0.717, 1.165) is 49.3 Å². The molecular weight excluding hydrogens is 484 g/mol. The van der Waals surface area contributed by atoms with E-state index in [1.807, 2.05) is 19.1 Å². The molecule has 2 amide bonds. The number of hydrogen-bond acceptors (Lipinski definition) is 6.